The Morgan fingerprint density at radius 2 is 2.23 bits per heavy atom. The van der Waals surface area contributed by atoms with Crippen LogP contribution in [-0.4, -0.2) is 21.0 Å². The van der Waals surface area contributed by atoms with Crippen molar-refractivity contribution in [2.45, 2.75) is 6.42 Å². The Morgan fingerprint density at radius 1 is 1.38 bits per heavy atom. The molecule has 0 spiro atoms. The first-order valence-corrected chi connectivity index (χ1v) is 4.16. The standard InChI is InChI=1S/C9H11N3O/c10-4-3-7-5-12-6-8(13)1-2-9(12)11-7/h1-2,5-6,13H,3-4,10H2. The van der Waals surface area contributed by atoms with Crippen LogP contribution in [0.4, 0.5) is 0 Å². The maximum absolute atomic E-state index is 9.20. The van der Waals surface area contributed by atoms with E-state index in [-0.39, 0.29) is 5.75 Å². The molecule has 4 nitrogen and oxygen atoms in total. The fraction of sp³-hybridized carbons (Fsp3) is 0.222. The largest absolute Gasteiger partial charge is 0.506 e. The van der Waals surface area contributed by atoms with Crippen LogP contribution in [0.5, 0.6) is 5.75 Å². The van der Waals surface area contributed by atoms with Gasteiger partial charge in [0.05, 0.1) is 11.9 Å². The Balaban J connectivity index is 2.49. The molecule has 0 radical (unpaired) electrons. The summed E-state index contributed by atoms with van der Waals surface area (Å²) in [5, 5.41) is 9.20. The number of hydrogen-bond donors (Lipinski definition) is 2. The van der Waals surface area contributed by atoms with E-state index in [0.717, 1.165) is 17.8 Å². The van der Waals surface area contributed by atoms with E-state index in [1.807, 2.05) is 6.20 Å². The SMILES string of the molecule is NCCc1cn2cc(O)ccc2n1. The summed E-state index contributed by atoms with van der Waals surface area (Å²) in [6, 6.07) is 3.39. The first-order chi connectivity index (χ1) is 6.29. The van der Waals surface area contributed by atoms with Crippen LogP contribution in [-0.2, 0) is 6.42 Å². The molecular weight excluding hydrogens is 166 g/mol. The highest BCUT2D eigenvalue weighted by molar-refractivity contribution is 5.42. The van der Waals surface area contributed by atoms with E-state index in [0.29, 0.717) is 6.54 Å². The summed E-state index contributed by atoms with van der Waals surface area (Å²) in [4.78, 5) is 4.32. The molecule has 2 rings (SSSR count). The molecule has 68 valence electrons. The smallest absolute Gasteiger partial charge is 0.137 e. The number of aromatic nitrogens is 2. The fourth-order valence-corrected chi connectivity index (χ4v) is 1.30. The van der Waals surface area contributed by atoms with Crippen LogP contribution in [0, 0.1) is 0 Å². The van der Waals surface area contributed by atoms with Gasteiger partial charge in [-0.3, -0.25) is 0 Å². The highest BCUT2D eigenvalue weighted by atomic mass is 16.3. The van der Waals surface area contributed by atoms with Crippen molar-refractivity contribution < 1.29 is 5.11 Å². The molecule has 0 fully saturated rings. The summed E-state index contributed by atoms with van der Waals surface area (Å²) in [6.07, 6.45) is 4.27. The maximum atomic E-state index is 9.20. The van der Waals surface area contributed by atoms with E-state index in [9.17, 15) is 5.11 Å². The Morgan fingerprint density at radius 3 is 3.00 bits per heavy atom. The number of pyridine rings is 1. The topological polar surface area (TPSA) is 63.5 Å². The lowest BCUT2D eigenvalue weighted by atomic mass is 10.3. The molecule has 3 N–H and O–H groups in total. The van der Waals surface area contributed by atoms with Crippen LogP contribution in [0.15, 0.2) is 24.5 Å². The molecular formula is C9H11N3O. The van der Waals surface area contributed by atoms with Gasteiger partial charge >= 0.3 is 0 Å². The van der Waals surface area contributed by atoms with Gasteiger partial charge in [0.15, 0.2) is 0 Å². The molecule has 0 atom stereocenters. The number of fused-ring (bicyclic) bond motifs is 1. The van der Waals surface area contributed by atoms with Gasteiger partial charge < -0.3 is 15.2 Å². The quantitative estimate of drug-likeness (QED) is 0.703. The molecule has 0 amide bonds. The zero-order valence-electron chi connectivity index (χ0n) is 7.14. The predicted octanol–water partition coefficient (Wildman–Crippen LogP) is 0.541. The molecule has 0 aliphatic heterocycles. The average Bonchev–Trinajstić information content (AvgIpc) is 2.46. The van der Waals surface area contributed by atoms with Crippen LogP contribution >= 0.6 is 0 Å². The normalized spacial score (nSPS) is 10.8. The highest BCUT2D eigenvalue weighted by Crippen LogP contribution is 2.11. The minimum Gasteiger partial charge on any atom is -0.506 e. The van der Waals surface area contributed by atoms with Gasteiger partial charge in [0.1, 0.15) is 11.4 Å². The predicted molar refractivity (Wildman–Crippen MR) is 49.6 cm³/mol. The Labute approximate surface area is 75.6 Å². The Hall–Kier alpha value is -1.55. The highest BCUT2D eigenvalue weighted by Gasteiger charge is 2.00. The van der Waals surface area contributed by atoms with Gasteiger partial charge in [-0.05, 0) is 18.7 Å². The van der Waals surface area contributed by atoms with Gasteiger partial charge in [-0.15, -0.1) is 0 Å². The van der Waals surface area contributed by atoms with E-state index < -0.39 is 0 Å². The molecule has 0 bridgehead atoms. The molecule has 13 heavy (non-hydrogen) atoms. The van der Waals surface area contributed by atoms with E-state index in [1.165, 1.54) is 0 Å². The summed E-state index contributed by atoms with van der Waals surface area (Å²) in [6.45, 7) is 0.593. The molecule has 0 saturated heterocycles. The van der Waals surface area contributed by atoms with Crippen molar-refractivity contribution >= 4 is 5.65 Å². The van der Waals surface area contributed by atoms with Crippen molar-refractivity contribution in [1.29, 1.82) is 0 Å². The molecule has 2 aromatic heterocycles. The first kappa shape index (κ1) is 8.07. The first-order valence-electron chi connectivity index (χ1n) is 4.16. The second-order valence-corrected chi connectivity index (χ2v) is 2.92. The van der Waals surface area contributed by atoms with Crippen LogP contribution in [0.25, 0.3) is 5.65 Å². The Bertz CT molecular complexity index is 422. The lowest BCUT2D eigenvalue weighted by Crippen LogP contribution is -2.02. The van der Waals surface area contributed by atoms with Crippen molar-refractivity contribution in [2.75, 3.05) is 6.54 Å². The number of rotatable bonds is 2. The minimum atomic E-state index is 0.240. The number of nitrogens with two attached hydrogens (primary N) is 1. The summed E-state index contributed by atoms with van der Waals surface area (Å²) >= 11 is 0. The summed E-state index contributed by atoms with van der Waals surface area (Å²) in [7, 11) is 0. The lowest BCUT2D eigenvalue weighted by molar-refractivity contribution is 0.472. The van der Waals surface area contributed by atoms with E-state index in [4.69, 9.17) is 5.73 Å². The van der Waals surface area contributed by atoms with Crippen molar-refractivity contribution in [3.8, 4) is 5.75 Å². The van der Waals surface area contributed by atoms with Gasteiger partial charge in [0, 0.05) is 12.6 Å². The number of hydrogen-bond acceptors (Lipinski definition) is 3. The number of nitrogens with zero attached hydrogens (tertiary/aromatic N) is 2. The summed E-state index contributed by atoms with van der Waals surface area (Å²) in [5.41, 5.74) is 7.20. The van der Waals surface area contributed by atoms with Crippen LogP contribution in [0.3, 0.4) is 0 Å². The fourth-order valence-electron chi connectivity index (χ4n) is 1.30. The Kier molecular flexibility index (Phi) is 1.90. The molecule has 0 aliphatic carbocycles. The minimum absolute atomic E-state index is 0.240. The zero-order valence-corrected chi connectivity index (χ0v) is 7.14. The molecule has 0 saturated carbocycles. The molecule has 0 aromatic carbocycles. The molecule has 2 aromatic rings. The number of imidazole rings is 1. The van der Waals surface area contributed by atoms with E-state index in [1.54, 1.807) is 22.7 Å². The molecule has 4 heteroatoms. The second-order valence-electron chi connectivity index (χ2n) is 2.92. The van der Waals surface area contributed by atoms with Crippen molar-refractivity contribution in [3.63, 3.8) is 0 Å². The third-order valence-corrected chi connectivity index (χ3v) is 1.89. The van der Waals surface area contributed by atoms with Crippen molar-refractivity contribution in [1.82, 2.24) is 9.38 Å². The monoisotopic (exact) mass is 177 g/mol. The molecule has 0 unspecified atom stereocenters. The number of aromatic hydroxyl groups is 1. The van der Waals surface area contributed by atoms with E-state index in [2.05, 4.69) is 4.98 Å². The van der Waals surface area contributed by atoms with Crippen LogP contribution < -0.4 is 5.73 Å². The van der Waals surface area contributed by atoms with Gasteiger partial charge in [-0.1, -0.05) is 0 Å². The maximum Gasteiger partial charge on any atom is 0.137 e. The lowest BCUT2D eigenvalue weighted by Gasteiger charge is -1.92. The third-order valence-electron chi connectivity index (χ3n) is 1.89. The summed E-state index contributed by atoms with van der Waals surface area (Å²) < 4.78 is 1.79. The third kappa shape index (κ3) is 1.48. The van der Waals surface area contributed by atoms with Crippen molar-refractivity contribution in [3.05, 3.63) is 30.2 Å². The van der Waals surface area contributed by atoms with Gasteiger partial charge in [-0.2, -0.15) is 0 Å². The molecule has 0 aliphatic rings. The van der Waals surface area contributed by atoms with Crippen molar-refractivity contribution in [2.24, 2.45) is 5.73 Å². The average molecular weight is 177 g/mol. The van der Waals surface area contributed by atoms with E-state index >= 15 is 0 Å². The second kappa shape index (κ2) is 3.06. The zero-order chi connectivity index (χ0) is 9.26. The van der Waals surface area contributed by atoms with Gasteiger partial charge in [0.2, 0.25) is 0 Å². The molecule has 2 heterocycles. The van der Waals surface area contributed by atoms with Gasteiger partial charge in [-0.25, -0.2) is 4.98 Å². The van der Waals surface area contributed by atoms with Crippen LogP contribution in [0.1, 0.15) is 5.69 Å². The van der Waals surface area contributed by atoms with Gasteiger partial charge in [0.25, 0.3) is 0 Å². The van der Waals surface area contributed by atoms with Crippen LogP contribution in [0.2, 0.25) is 0 Å². The summed E-state index contributed by atoms with van der Waals surface area (Å²) in [5.74, 6) is 0.240.